The Bertz CT molecular complexity index is 632. The number of aromatic nitrogens is 2. The predicted octanol–water partition coefficient (Wildman–Crippen LogP) is 3.30. The fraction of sp³-hybridized carbons (Fsp3) is 0.375. The largest absolute Gasteiger partial charge is 0.399 e. The van der Waals surface area contributed by atoms with Crippen LogP contribution in [0.1, 0.15) is 30.3 Å². The zero-order valence-electron chi connectivity index (χ0n) is 12.4. The highest BCUT2D eigenvalue weighted by Crippen LogP contribution is 2.22. The maximum Gasteiger partial charge on any atom is 0.139 e. The number of benzene rings is 1. The van der Waals surface area contributed by atoms with Gasteiger partial charge in [0.1, 0.15) is 5.78 Å². The first kappa shape index (κ1) is 15.8. The third-order valence-electron chi connectivity index (χ3n) is 3.49. The first-order chi connectivity index (χ1) is 10.0. The highest BCUT2D eigenvalue weighted by molar-refractivity contribution is 9.10. The van der Waals surface area contributed by atoms with Crippen LogP contribution in [0.4, 0.5) is 5.69 Å². The Morgan fingerprint density at radius 3 is 2.62 bits per heavy atom. The number of halogens is 1. The van der Waals surface area contributed by atoms with E-state index in [4.69, 9.17) is 5.73 Å². The van der Waals surface area contributed by atoms with Gasteiger partial charge in [0.2, 0.25) is 0 Å². The van der Waals surface area contributed by atoms with Gasteiger partial charge in [-0.05, 0) is 53.9 Å². The second-order valence-corrected chi connectivity index (χ2v) is 5.91. The van der Waals surface area contributed by atoms with Gasteiger partial charge >= 0.3 is 0 Å². The molecule has 0 bridgehead atoms. The van der Waals surface area contributed by atoms with Gasteiger partial charge in [0.05, 0.1) is 15.9 Å². The molecule has 112 valence electrons. The molecule has 2 rings (SSSR count). The van der Waals surface area contributed by atoms with E-state index < -0.39 is 0 Å². The molecule has 0 aliphatic rings. The molecule has 1 aromatic carbocycles. The van der Waals surface area contributed by atoms with Crippen LogP contribution in [0, 0.1) is 6.92 Å². The van der Waals surface area contributed by atoms with Crippen molar-refractivity contribution >= 4 is 27.4 Å². The van der Waals surface area contributed by atoms with Gasteiger partial charge in [0.15, 0.2) is 0 Å². The summed E-state index contributed by atoms with van der Waals surface area (Å²) in [5, 5.41) is 4.41. The van der Waals surface area contributed by atoms with Gasteiger partial charge in [-0.3, -0.25) is 9.48 Å². The summed E-state index contributed by atoms with van der Waals surface area (Å²) >= 11 is 3.52. The van der Waals surface area contributed by atoms with E-state index in [9.17, 15) is 4.79 Å². The number of nitrogens with zero attached hydrogens (tertiary/aromatic N) is 2. The van der Waals surface area contributed by atoms with Crippen LogP contribution in [-0.2, 0) is 24.2 Å². The molecule has 0 radical (unpaired) electrons. The molecule has 0 fully saturated rings. The van der Waals surface area contributed by atoms with E-state index in [-0.39, 0.29) is 5.78 Å². The average Bonchev–Trinajstić information content (AvgIpc) is 2.74. The summed E-state index contributed by atoms with van der Waals surface area (Å²) in [6.45, 7) is 4.74. The minimum atomic E-state index is 0.224. The second-order valence-electron chi connectivity index (χ2n) is 5.12. The van der Waals surface area contributed by atoms with Crippen molar-refractivity contribution in [3.63, 3.8) is 0 Å². The van der Waals surface area contributed by atoms with Crippen molar-refractivity contribution in [2.75, 3.05) is 5.73 Å². The fourth-order valence-electron chi connectivity index (χ4n) is 2.28. The lowest BCUT2D eigenvalue weighted by Crippen LogP contribution is -2.10. The first-order valence-corrected chi connectivity index (χ1v) is 7.88. The third-order valence-corrected chi connectivity index (χ3v) is 4.52. The molecule has 0 unspecified atom stereocenters. The molecule has 0 aliphatic carbocycles. The number of nitrogen functional groups attached to an aromatic ring is 1. The van der Waals surface area contributed by atoms with Crippen LogP contribution in [0.15, 0.2) is 28.7 Å². The summed E-state index contributed by atoms with van der Waals surface area (Å²) in [4.78, 5) is 12.2. The normalized spacial score (nSPS) is 10.8. The Hall–Kier alpha value is -1.62. The number of carbonyl (C=O) groups excluding carboxylic acids is 1. The highest BCUT2D eigenvalue weighted by atomic mass is 79.9. The molecule has 21 heavy (non-hydrogen) atoms. The monoisotopic (exact) mass is 349 g/mol. The van der Waals surface area contributed by atoms with Crippen molar-refractivity contribution in [3.05, 3.63) is 45.7 Å². The Labute approximate surface area is 133 Å². The lowest BCUT2D eigenvalue weighted by Gasteiger charge is -2.05. The summed E-state index contributed by atoms with van der Waals surface area (Å²) in [5.41, 5.74) is 9.43. The average molecular weight is 350 g/mol. The van der Waals surface area contributed by atoms with E-state index >= 15 is 0 Å². The van der Waals surface area contributed by atoms with Crippen molar-refractivity contribution in [1.82, 2.24) is 9.78 Å². The Morgan fingerprint density at radius 2 is 2.00 bits per heavy atom. The fourth-order valence-corrected chi connectivity index (χ4v) is 2.71. The number of ketones is 1. The number of rotatable bonds is 6. The van der Waals surface area contributed by atoms with Gasteiger partial charge in [-0.15, -0.1) is 0 Å². The molecule has 0 amide bonds. The number of carbonyl (C=O) groups is 1. The summed E-state index contributed by atoms with van der Waals surface area (Å²) in [7, 11) is 0. The molecule has 1 aromatic heterocycles. The molecule has 5 heteroatoms. The minimum Gasteiger partial charge on any atom is -0.399 e. The molecule has 2 N–H and O–H groups in total. The number of nitrogens with two attached hydrogens (primary N) is 1. The van der Waals surface area contributed by atoms with Gasteiger partial charge in [0.25, 0.3) is 0 Å². The molecule has 0 aliphatic heterocycles. The molecule has 1 heterocycles. The second kappa shape index (κ2) is 6.89. The molecular weight excluding hydrogens is 330 g/mol. The molecule has 0 saturated heterocycles. The van der Waals surface area contributed by atoms with Gasteiger partial charge in [0, 0.05) is 25.1 Å². The lowest BCUT2D eigenvalue weighted by atomic mass is 10.0. The molecule has 0 atom stereocenters. The van der Waals surface area contributed by atoms with Crippen molar-refractivity contribution in [2.24, 2.45) is 0 Å². The van der Waals surface area contributed by atoms with E-state index in [1.165, 1.54) is 0 Å². The molecule has 0 spiro atoms. The number of Topliss-reactive ketones (excluding diaryl/α,β-unsaturated/α-hetero) is 1. The van der Waals surface area contributed by atoms with Crippen molar-refractivity contribution in [3.8, 4) is 0 Å². The third kappa shape index (κ3) is 3.94. The van der Waals surface area contributed by atoms with Crippen molar-refractivity contribution in [2.45, 2.75) is 39.7 Å². The van der Waals surface area contributed by atoms with E-state index in [0.29, 0.717) is 12.8 Å². The van der Waals surface area contributed by atoms with E-state index in [1.807, 2.05) is 42.8 Å². The zero-order chi connectivity index (χ0) is 15.4. The van der Waals surface area contributed by atoms with Crippen molar-refractivity contribution < 1.29 is 4.79 Å². The highest BCUT2D eigenvalue weighted by Gasteiger charge is 2.15. The standard InChI is InChI=1S/C16H20BrN3O/c1-3-20-15(16(17)11(2)19-20)10-14(21)9-6-12-4-7-13(18)8-5-12/h4-5,7-8H,3,6,9-10,18H2,1-2H3. The van der Waals surface area contributed by atoms with Crippen molar-refractivity contribution in [1.29, 1.82) is 0 Å². The summed E-state index contributed by atoms with van der Waals surface area (Å²) < 4.78 is 2.84. The maximum absolute atomic E-state index is 12.2. The minimum absolute atomic E-state index is 0.224. The lowest BCUT2D eigenvalue weighted by molar-refractivity contribution is -0.118. The van der Waals surface area contributed by atoms with Crippen LogP contribution in [0.3, 0.4) is 0 Å². The van der Waals surface area contributed by atoms with Crippen LogP contribution >= 0.6 is 15.9 Å². The number of anilines is 1. The quantitative estimate of drug-likeness (QED) is 0.813. The Kier molecular flexibility index (Phi) is 5.17. The van der Waals surface area contributed by atoms with E-state index in [2.05, 4.69) is 21.0 Å². The molecule has 4 nitrogen and oxygen atoms in total. The Balaban J connectivity index is 1.97. The molecule has 2 aromatic rings. The van der Waals surface area contributed by atoms with Gasteiger partial charge < -0.3 is 5.73 Å². The van der Waals surface area contributed by atoms with Crippen LogP contribution in [0.25, 0.3) is 0 Å². The summed E-state index contributed by atoms with van der Waals surface area (Å²) in [6, 6.07) is 7.68. The Morgan fingerprint density at radius 1 is 1.33 bits per heavy atom. The van der Waals surface area contributed by atoms with Crippen LogP contribution in [0.2, 0.25) is 0 Å². The summed E-state index contributed by atoms with van der Waals surface area (Å²) in [5.74, 6) is 0.224. The zero-order valence-corrected chi connectivity index (χ0v) is 14.0. The first-order valence-electron chi connectivity index (χ1n) is 7.09. The van der Waals surface area contributed by atoms with E-state index in [1.54, 1.807) is 0 Å². The van der Waals surface area contributed by atoms with E-state index in [0.717, 1.165) is 40.1 Å². The SMILES string of the molecule is CCn1nc(C)c(Br)c1CC(=O)CCc1ccc(N)cc1. The van der Waals surface area contributed by atoms with Crippen LogP contribution in [-0.4, -0.2) is 15.6 Å². The summed E-state index contributed by atoms with van der Waals surface area (Å²) in [6.07, 6.45) is 1.70. The number of aryl methyl sites for hydroxylation is 3. The number of hydrogen-bond acceptors (Lipinski definition) is 3. The van der Waals surface area contributed by atoms with Gasteiger partial charge in [-0.1, -0.05) is 12.1 Å². The van der Waals surface area contributed by atoms with Crippen LogP contribution < -0.4 is 5.73 Å². The smallest absolute Gasteiger partial charge is 0.139 e. The molecular formula is C16H20BrN3O. The molecule has 0 saturated carbocycles. The predicted molar refractivity (Wildman–Crippen MR) is 88.2 cm³/mol. The van der Waals surface area contributed by atoms with Gasteiger partial charge in [-0.25, -0.2) is 0 Å². The maximum atomic E-state index is 12.2. The van der Waals surface area contributed by atoms with Crippen LogP contribution in [0.5, 0.6) is 0 Å². The topological polar surface area (TPSA) is 60.9 Å². The number of hydrogen-bond donors (Lipinski definition) is 1. The van der Waals surface area contributed by atoms with Gasteiger partial charge in [-0.2, -0.15) is 5.10 Å².